The first kappa shape index (κ1) is 16.5. The van der Waals surface area contributed by atoms with Gasteiger partial charge in [-0.05, 0) is 29.5 Å². The zero-order valence-electron chi connectivity index (χ0n) is 14.5. The maximum atomic E-state index is 2.69. The molecule has 0 aliphatic carbocycles. The van der Waals surface area contributed by atoms with Crippen LogP contribution in [0.2, 0.25) is 0 Å². The fourth-order valence-corrected chi connectivity index (χ4v) is 3.31. The molecule has 1 unspecified atom stereocenters. The van der Waals surface area contributed by atoms with E-state index in [2.05, 4.69) is 68.7 Å². The molecule has 1 aliphatic heterocycles. The summed E-state index contributed by atoms with van der Waals surface area (Å²) in [5.74, 6) is 1.33. The Balaban J connectivity index is 2.08. The molecule has 1 fully saturated rings. The summed E-state index contributed by atoms with van der Waals surface area (Å²) >= 11 is 0. The highest BCUT2D eigenvalue weighted by atomic mass is 15.3. The average molecular weight is 288 g/mol. The second-order valence-corrected chi connectivity index (χ2v) is 7.07. The van der Waals surface area contributed by atoms with Crippen LogP contribution in [0.25, 0.3) is 0 Å². The number of benzene rings is 1. The molecular weight excluding hydrogens is 256 g/mol. The third-order valence-electron chi connectivity index (χ3n) is 4.84. The number of hydrogen-bond donors (Lipinski definition) is 0. The van der Waals surface area contributed by atoms with Crippen molar-refractivity contribution >= 4 is 0 Å². The van der Waals surface area contributed by atoms with Crippen LogP contribution in [0, 0.1) is 5.92 Å². The van der Waals surface area contributed by atoms with Crippen molar-refractivity contribution < 1.29 is 0 Å². The van der Waals surface area contributed by atoms with Crippen molar-refractivity contribution in [1.82, 2.24) is 9.80 Å². The minimum atomic E-state index is 0.614. The van der Waals surface area contributed by atoms with E-state index >= 15 is 0 Å². The van der Waals surface area contributed by atoms with E-state index in [1.54, 1.807) is 0 Å². The van der Waals surface area contributed by atoms with E-state index in [4.69, 9.17) is 0 Å². The van der Waals surface area contributed by atoms with E-state index in [1.807, 2.05) is 0 Å². The van der Waals surface area contributed by atoms with Gasteiger partial charge in [-0.25, -0.2) is 0 Å². The molecule has 0 radical (unpaired) electrons. The first-order chi connectivity index (χ1) is 10.0. The number of likely N-dealkylation sites (N-methyl/N-ethyl adjacent to an activating group) is 1. The Morgan fingerprint density at radius 2 is 1.90 bits per heavy atom. The summed E-state index contributed by atoms with van der Waals surface area (Å²) < 4.78 is 0. The second kappa shape index (κ2) is 7.42. The molecule has 0 aromatic heterocycles. The van der Waals surface area contributed by atoms with E-state index in [9.17, 15) is 0 Å². The van der Waals surface area contributed by atoms with Gasteiger partial charge in [0, 0.05) is 32.2 Å². The Kier molecular flexibility index (Phi) is 5.83. The van der Waals surface area contributed by atoms with Gasteiger partial charge >= 0.3 is 0 Å². The van der Waals surface area contributed by atoms with Gasteiger partial charge < -0.3 is 4.90 Å². The predicted molar refractivity (Wildman–Crippen MR) is 91.7 cm³/mol. The van der Waals surface area contributed by atoms with Crippen molar-refractivity contribution in [3.8, 4) is 0 Å². The zero-order valence-corrected chi connectivity index (χ0v) is 14.5. The van der Waals surface area contributed by atoms with Crippen molar-refractivity contribution in [2.45, 2.75) is 53.1 Å². The third-order valence-corrected chi connectivity index (χ3v) is 4.84. The number of nitrogens with zero attached hydrogens (tertiary/aromatic N) is 2. The molecule has 0 saturated carbocycles. The van der Waals surface area contributed by atoms with Crippen molar-refractivity contribution in [3.05, 3.63) is 35.4 Å². The molecule has 1 aromatic rings. The molecule has 0 bridgehead atoms. The Morgan fingerprint density at radius 1 is 1.14 bits per heavy atom. The standard InChI is InChI=1S/C19H32N2/c1-6-20-10-11-21(19(14-20)16(4)5)13-17-8-7-9-18(12-17)15(2)3/h7-9,12,15-16,19H,6,10-11,13-14H2,1-5H3. The molecule has 0 spiro atoms. The summed E-state index contributed by atoms with van der Waals surface area (Å²) in [6.45, 7) is 17.5. The molecule has 2 nitrogen and oxygen atoms in total. The fraction of sp³-hybridized carbons (Fsp3) is 0.684. The molecule has 1 heterocycles. The van der Waals surface area contributed by atoms with E-state index in [1.165, 1.54) is 37.3 Å². The number of rotatable bonds is 5. The van der Waals surface area contributed by atoms with Gasteiger partial charge in [0.05, 0.1) is 0 Å². The third kappa shape index (κ3) is 4.31. The van der Waals surface area contributed by atoms with Crippen LogP contribution in [0.4, 0.5) is 0 Å². The van der Waals surface area contributed by atoms with Gasteiger partial charge in [-0.1, -0.05) is 58.9 Å². The lowest BCUT2D eigenvalue weighted by Gasteiger charge is -2.43. The van der Waals surface area contributed by atoms with Gasteiger partial charge in [-0.15, -0.1) is 0 Å². The molecule has 0 N–H and O–H groups in total. The van der Waals surface area contributed by atoms with Gasteiger partial charge in [-0.3, -0.25) is 4.90 Å². The van der Waals surface area contributed by atoms with Crippen LogP contribution in [0.1, 0.15) is 51.7 Å². The summed E-state index contributed by atoms with van der Waals surface area (Å²) in [4.78, 5) is 5.28. The molecule has 1 saturated heterocycles. The molecule has 1 aliphatic rings. The summed E-state index contributed by atoms with van der Waals surface area (Å²) in [6, 6.07) is 9.84. The van der Waals surface area contributed by atoms with E-state index in [-0.39, 0.29) is 0 Å². The zero-order chi connectivity index (χ0) is 15.4. The monoisotopic (exact) mass is 288 g/mol. The maximum Gasteiger partial charge on any atom is 0.0250 e. The fourth-order valence-electron chi connectivity index (χ4n) is 3.31. The highest BCUT2D eigenvalue weighted by Crippen LogP contribution is 2.22. The van der Waals surface area contributed by atoms with Gasteiger partial charge in [0.1, 0.15) is 0 Å². The van der Waals surface area contributed by atoms with Gasteiger partial charge in [-0.2, -0.15) is 0 Å². The minimum absolute atomic E-state index is 0.614. The van der Waals surface area contributed by atoms with Crippen molar-refractivity contribution in [2.75, 3.05) is 26.2 Å². The molecule has 1 aromatic carbocycles. The van der Waals surface area contributed by atoms with Crippen LogP contribution in [0.3, 0.4) is 0 Å². The van der Waals surface area contributed by atoms with Crippen LogP contribution < -0.4 is 0 Å². The molecule has 21 heavy (non-hydrogen) atoms. The predicted octanol–water partition coefficient (Wildman–Crippen LogP) is 3.97. The molecule has 118 valence electrons. The topological polar surface area (TPSA) is 6.48 Å². The smallest absolute Gasteiger partial charge is 0.0250 e. The van der Waals surface area contributed by atoms with Crippen LogP contribution in [-0.2, 0) is 6.54 Å². The first-order valence-electron chi connectivity index (χ1n) is 8.56. The maximum absolute atomic E-state index is 2.69. The normalized spacial score (nSPS) is 21.4. The van der Waals surface area contributed by atoms with Crippen molar-refractivity contribution in [2.24, 2.45) is 5.92 Å². The van der Waals surface area contributed by atoms with Gasteiger partial charge in [0.25, 0.3) is 0 Å². The van der Waals surface area contributed by atoms with E-state index in [0.29, 0.717) is 17.9 Å². The lowest BCUT2D eigenvalue weighted by Crippen LogP contribution is -2.54. The highest BCUT2D eigenvalue weighted by Gasteiger charge is 2.28. The SMILES string of the molecule is CCN1CCN(Cc2cccc(C(C)C)c2)C(C(C)C)C1. The highest BCUT2D eigenvalue weighted by molar-refractivity contribution is 5.25. The first-order valence-corrected chi connectivity index (χ1v) is 8.56. The van der Waals surface area contributed by atoms with E-state index < -0.39 is 0 Å². The quantitative estimate of drug-likeness (QED) is 0.809. The Hall–Kier alpha value is -0.860. The van der Waals surface area contributed by atoms with Gasteiger partial charge in [0.2, 0.25) is 0 Å². The summed E-state index contributed by atoms with van der Waals surface area (Å²) in [5, 5.41) is 0. The molecular formula is C19H32N2. The van der Waals surface area contributed by atoms with Crippen LogP contribution in [-0.4, -0.2) is 42.0 Å². The molecule has 1 atom stereocenters. The van der Waals surface area contributed by atoms with Crippen LogP contribution in [0.15, 0.2) is 24.3 Å². The average Bonchev–Trinajstić information content (AvgIpc) is 2.47. The second-order valence-electron chi connectivity index (χ2n) is 7.07. The summed E-state index contributed by atoms with van der Waals surface area (Å²) in [6.07, 6.45) is 0. The molecule has 2 heteroatoms. The Bertz CT molecular complexity index is 439. The van der Waals surface area contributed by atoms with Crippen molar-refractivity contribution in [3.63, 3.8) is 0 Å². The largest absolute Gasteiger partial charge is 0.301 e. The lowest BCUT2D eigenvalue weighted by molar-refractivity contribution is 0.0469. The molecule has 2 rings (SSSR count). The Morgan fingerprint density at radius 3 is 2.52 bits per heavy atom. The Labute approximate surface area is 131 Å². The lowest BCUT2D eigenvalue weighted by atomic mass is 9.97. The van der Waals surface area contributed by atoms with E-state index in [0.717, 1.165) is 6.54 Å². The number of piperazine rings is 1. The summed E-state index contributed by atoms with van der Waals surface area (Å²) in [5.41, 5.74) is 2.93. The van der Waals surface area contributed by atoms with Gasteiger partial charge in [0.15, 0.2) is 0 Å². The molecule has 0 amide bonds. The summed E-state index contributed by atoms with van der Waals surface area (Å²) in [7, 11) is 0. The number of hydrogen-bond acceptors (Lipinski definition) is 2. The minimum Gasteiger partial charge on any atom is -0.301 e. The van der Waals surface area contributed by atoms with Crippen LogP contribution >= 0.6 is 0 Å². The van der Waals surface area contributed by atoms with Crippen LogP contribution in [0.5, 0.6) is 0 Å². The van der Waals surface area contributed by atoms with Crippen molar-refractivity contribution in [1.29, 1.82) is 0 Å².